The third-order valence-corrected chi connectivity index (χ3v) is 1.66. The first kappa shape index (κ1) is 8.62. The zero-order valence-electron chi connectivity index (χ0n) is 5.55. The Morgan fingerprint density at radius 2 is 1.89 bits per heavy atom. The summed E-state index contributed by atoms with van der Waals surface area (Å²) in [5.74, 6) is -0.541. The van der Waals surface area contributed by atoms with Gasteiger partial charge in [-0.15, -0.1) is 0 Å². The minimum atomic E-state index is -3.09. The van der Waals surface area contributed by atoms with E-state index in [9.17, 15) is 13.2 Å². The van der Waals surface area contributed by atoms with Gasteiger partial charge in [0.1, 0.15) is 11.5 Å². The highest BCUT2D eigenvalue weighted by atomic mass is 32.2. The zero-order chi connectivity index (χ0) is 7.49. The summed E-state index contributed by atoms with van der Waals surface area (Å²) in [6, 6.07) is 0. The van der Waals surface area contributed by atoms with Crippen molar-refractivity contribution in [3.8, 4) is 0 Å². The lowest BCUT2D eigenvalue weighted by Crippen LogP contribution is -2.12. The SMILES string of the molecule is CCC(=O)CS(C)(=O)=O. The van der Waals surface area contributed by atoms with E-state index in [1.807, 2.05) is 0 Å². The van der Waals surface area contributed by atoms with Gasteiger partial charge in [-0.2, -0.15) is 0 Å². The molecule has 0 heterocycles. The summed E-state index contributed by atoms with van der Waals surface area (Å²) < 4.78 is 20.8. The molecule has 54 valence electrons. The number of carbonyl (C=O) groups excluding carboxylic acids is 1. The fourth-order valence-corrected chi connectivity index (χ4v) is 1.18. The molecule has 0 N–H and O–H groups in total. The molecule has 0 aliphatic rings. The summed E-state index contributed by atoms with van der Waals surface area (Å²) in [6.07, 6.45) is 1.35. The van der Waals surface area contributed by atoms with E-state index in [-0.39, 0.29) is 11.5 Å². The van der Waals surface area contributed by atoms with Gasteiger partial charge in [-0.3, -0.25) is 4.79 Å². The van der Waals surface area contributed by atoms with E-state index >= 15 is 0 Å². The van der Waals surface area contributed by atoms with E-state index in [1.165, 1.54) is 0 Å². The van der Waals surface area contributed by atoms with E-state index < -0.39 is 9.84 Å². The van der Waals surface area contributed by atoms with Crippen molar-refractivity contribution in [3.05, 3.63) is 0 Å². The van der Waals surface area contributed by atoms with Crippen LogP contribution in [0.2, 0.25) is 0 Å². The first-order chi connectivity index (χ1) is 3.95. The van der Waals surface area contributed by atoms with E-state index in [2.05, 4.69) is 0 Å². The van der Waals surface area contributed by atoms with Gasteiger partial charge in [0.15, 0.2) is 9.84 Å². The normalized spacial score (nSPS) is 11.3. The highest BCUT2D eigenvalue weighted by Gasteiger charge is 2.07. The smallest absolute Gasteiger partial charge is 0.154 e. The summed E-state index contributed by atoms with van der Waals surface area (Å²) in [5, 5.41) is 0. The van der Waals surface area contributed by atoms with Gasteiger partial charge >= 0.3 is 0 Å². The van der Waals surface area contributed by atoms with Crippen LogP contribution in [0.15, 0.2) is 0 Å². The molecule has 0 aromatic rings. The van der Waals surface area contributed by atoms with Crippen LogP contribution in [-0.4, -0.2) is 26.2 Å². The van der Waals surface area contributed by atoms with Gasteiger partial charge in [-0.25, -0.2) is 8.42 Å². The average molecular weight is 150 g/mol. The van der Waals surface area contributed by atoms with Crippen molar-refractivity contribution in [2.75, 3.05) is 12.0 Å². The Labute approximate surface area is 55.0 Å². The maximum Gasteiger partial charge on any atom is 0.154 e. The molecule has 4 heteroatoms. The van der Waals surface area contributed by atoms with Gasteiger partial charge in [0.05, 0.1) is 0 Å². The van der Waals surface area contributed by atoms with Crippen LogP contribution in [0.5, 0.6) is 0 Å². The van der Waals surface area contributed by atoms with Crippen molar-refractivity contribution in [1.29, 1.82) is 0 Å². The lowest BCUT2D eigenvalue weighted by molar-refractivity contribution is -0.116. The van der Waals surface area contributed by atoms with E-state index in [1.54, 1.807) is 6.92 Å². The summed E-state index contributed by atoms with van der Waals surface area (Å²) in [7, 11) is -3.09. The zero-order valence-corrected chi connectivity index (χ0v) is 6.36. The summed E-state index contributed by atoms with van der Waals surface area (Å²) in [6.45, 7) is 1.65. The molecule has 0 spiro atoms. The predicted molar refractivity (Wildman–Crippen MR) is 35.0 cm³/mol. The van der Waals surface area contributed by atoms with Crippen molar-refractivity contribution in [2.45, 2.75) is 13.3 Å². The van der Waals surface area contributed by atoms with Crippen molar-refractivity contribution in [2.24, 2.45) is 0 Å². The topological polar surface area (TPSA) is 51.2 Å². The Kier molecular flexibility index (Phi) is 2.84. The van der Waals surface area contributed by atoms with Crippen molar-refractivity contribution in [3.63, 3.8) is 0 Å². The second-order valence-electron chi connectivity index (χ2n) is 1.96. The summed E-state index contributed by atoms with van der Waals surface area (Å²) in [5.41, 5.74) is 0. The number of carbonyl (C=O) groups is 1. The molecule has 0 rings (SSSR count). The molecule has 0 aromatic heterocycles. The Balaban J connectivity index is 3.91. The number of sulfone groups is 1. The number of ketones is 1. The Morgan fingerprint density at radius 3 is 2.00 bits per heavy atom. The van der Waals surface area contributed by atoms with Crippen LogP contribution in [0.4, 0.5) is 0 Å². The Bertz CT molecular complexity index is 190. The molecular formula is C5H10O3S. The number of rotatable bonds is 3. The molecule has 0 unspecified atom stereocenters. The van der Waals surface area contributed by atoms with Crippen molar-refractivity contribution < 1.29 is 13.2 Å². The van der Waals surface area contributed by atoms with Crippen LogP contribution in [0.3, 0.4) is 0 Å². The van der Waals surface area contributed by atoms with E-state index in [0.29, 0.717) is 6.42 Å². The minimum absolute atomic E-state index is 0.225. The average Bonchev–Trinajstić information content (AvgIpc) is 1.62. The number of hydrogen-bond acceptors (Lipinski definition) is 3. The molecule has 3 nitrogen and oxygen atoms in total. The molecule has 0 saturated heterocycles. The molecule has 9 heavy (non-hydrogen) atoms. The van der Waals surface area contributed by atoms with E-state index in [4.69, 9.17) is 0 Å². The van der Waals surface area contributed by atoms with Gasteiger partial charge in [0.25, 0.3) is 0 Å². The highest BCUT2D eigenvalue weighted by molar-refractivity contribution is 7.91. The molecular weight excluding hydrogens is 140 g/mol. The lowest BCUT2D eigenvalue weighted by atomic mass is 10.4. The highest BCUT2D eigenvalue weighted by Crippen LogP contribution is 1.87. The van der Waals surface area contributed by atoms with E-state index in [0.717, 1.165) is 6.26 Å². The fraction of sp³-hybridized carbons (Fsp3) is 0.800. The first-order valence-electron chi connectivity index (χ1n) is 2.65. The molecule has 0 amide bonds. The maximum absolute atomic E-state index is 10.4. The van der Waals surface area contributed by atoms with Crippen LogP contribution >= 0.6 is 0 Å². The second-order valence-corrected chi connectivity index (χ2v) is 4.10. The van der Waals surface area contributed by atoms with Crippen LogP contribution in [0, 0.1) is 0 Å². The quantitative estimate of drug-likeness (QED) is 0.569. The lowest BCUT2D eigenvalue weighted by Gasteiger charge is -1.91. The Morgan fingerprint density at radius 1 is 1.44 bits per heavy atom. The molecule has 0 fully saturated rings. The third-order valence-electron chi connectivity index (χ3n) is 0.818. The monoisotopic (exact) mass is 150 g/mol. The van der Waals surface area contributed by atoms with Gasteiger partial charge in [-0.1, -0.05) is 6.92 Å². The molecule has 0 saturated carbocycles. The van der Waals surface area contributed by atoms with Crippen LogP contribution in [-0.2, 0) is 14.6 Å². The predicted octanol–water partition coefficient (Wildman–Crippen LogP) is 0.0101. The molecule has 0 aliphatic carbocycles. The third kappa shape index (κ3) is 5.49. The molecule has 0 aliphatic heterocycles. The fourth-order valence-electron chi connectivity index (χ4n) is 0.394. The number of hydrogen-bond donors (Lipinski definition) is 0. The van der Waals surface area contributed by atoms with Crippen LogP contribution in [0.1, 0.15) is 13.3 Å². The largest absolute Gasteiger partial charge is 0.299 e. The van der Waals surface area contributed by atoms with Crippen molar-refractivity contribution in [1.82, 2.24) is 0 Å². The molecule has 0 atom stereocenters. The number of Topliss-reactive ketones (excluding diaryl/α,β-unsaturated/α-hetero) is 1. The molecule has 0 radical (unpaired) electrons. The molecule has 0 bridgehead atoms. The van der Waals surface area contributed by atoms with Gasteiger partial charge < -0.3 is 0 Å². The molecule has 0 aromatic carbocycles. The first-order valence-corrected chi connectivity index (χ1v) is 4.71. The van der Waals surface area contributed by atoms with Crippen LogP contribution in [0.25, 0.3) is 0 Å². The maximum atomic E-state index is 10.4. The summed E-state index contributed by atoms with van der Waals surface area (Å²) >= 11 is 0. The Hall–Kier alpha value is -0.380. The van der Waals surface area contributed by atoms with Gasteiger partial charge in [0.2, 0.25) is 0 Å². The summed E-state index contributed by atoms with van der Waals surface area (Å²) in [4.78, 5) is 10.4. The van der Waals surface area contributed by atoms with Crippen molar-refractivity contribution >= 4 is 15.6 Å². The van der Waals surface area contributed by atoms with Gasteiger partial charge in [0, 0.05) is 12.7 Å². The van der Waals surface area contributed by atoms with Crippen LogP contribution < -0.4 is 0 Å². The standard InChI is InChI=1S/C5H10O3S/c1-3-5(6)4-9(2,7)8/h3-4H2,1-2H3. The van der Waals surface area contributed by atoms with Gasteiger partial charge in [-0.05, 0) is 0 Å². The minimum Gasteiger partial charge on any atom is -0.299 e. The second kappa shape index (κ2) is 2.96.